The van der Waals surface area contributed by atoms with Gasteiger partial charge < -0.3 is 25.8 Å². The molecule has 2 rings (SSSR count). The maximum absolute atomic E-state index is 13.3. The first-order valence-electron chi connectivity index (χ1n) is 11.3. The van der Waals surface area contributed by atoms with Gasteiger partial charge in [-0.25, -0.2) is 13.6 Å². The van der Waals surface area contributed by atoms with E-state index in [-0.39, 0.29) is 37.5 Å². The van der Waals surface area contributed by atoms with Crippen molar-refractivity contribution in [1.29, 1.82) is 0 Å². The first-order chi connectivity index (χ1) is 15.7. The number of amides is 3. The quantitative estimate of drug-likeness (QED) is 0.268. The molecule has 0 spiro atoms. The molecule has 2 aliphatic rings. The monoisotopic (exact) mass is 513 g/mol. The minimum absolute atomic E-state index is 0.0203. The molecule has 1 heterocycles. The van der Waals surface area contributed by atoms with Gasteiger partial charge in [0.2, 0.25) is 23.2 Å². The van der Waals surface area contributed by atoms with Crippen LogP contribution in [0.4, 0.5) is 13.6 Å². The van der Waals surface area contributed by atoms with Crippen LogP contribution in [0.15, 0.2) is 0 Å². The van der Waals surface area contributed by atoms with E-state index in [1.165, 1.54) is 0 Å². The zero-order valence-corrected chi connectivity index (χ0v) is 19.9. The van der Waals surface area contributed by atoms with Crippen molar-refractivity contribution in [3.05, 3.63) is 0 Å². The van der Waals surface area contributed by atoms with E-state index in [0.717, 1.165) is 0 Å². The topological polar surface area (TPSA) is 171 Å². The second-order valence-corrected chi connectivity index (χ2v) is 10.8. The fourth-order valence-corrected chi connectivity index (χ4v) is 4.67. The molecule has 34 heavy (non-hydrogen) atoms. The fraction of sp³-hybridized carbons (Fsp3) is 0.850. The van der Waals surface area contributed by atoms with Crippen LogP contribution in [0.2, 0.25) is 0 Å². The Morgan fingerprint density at radius 1 is 1.21 bits per heavy atom. The van der Waals surface area contributed by atoms with Crippen molar-refractivity contribution in [1.82, 2.24) is 16.0 Å². The number of alkyl carbamates (subject to hydrolysis) is 1. The van der Waals surface area contributed by atoms with Crippen LogP contribution in [0.1, 0.15) is 58.8 Å². The van der Waals surface area contributed by atoms with E-state index < -0.39 is 70.4 Å². The first-order valence-corrected chi connectivity index (χ1v) is 12.8. The van der Waals surface area contributed by atoms with Gasteiger partial charge >= 0.3 is 6.09 Å². The van der Waals surface area contributed by atoms with Gasteiger partial charge in [-0.1, -0.05) is 13.8 Å². The van der Waals surface area contributed by atoms with Gasteiger partial charge in [-0.05, 0) is 38.0 Å². The van der Waals surface area contributed by atoms with Crippen LogP contribution >= 0.6 is 0 Å². The van der Waals surface area contributed by atoms with Gasteiger partial charge in [0.25, 0.3) is 10.1 Å². The van der Waals surface area contributed by atoms with Crippen molar-refractivity contribution in [2.45, 2.75) is 88.3 Å². The third-order valence-electron chi connectivity index (χ3n) is 5.93. The Hall–Kier alpha value is -2.06. The minimum Gasteiger partial charge on any atom is -0.446 e. The molecule has 0 aromatic rings. The summed E-state index contributed by atoms with van der Waals surface area (Å²) in [7, 11) is -4.97. The number of hydrogen-bond acceptors (Lipinski definition) is 7. The molecule has 0 aromatic carbocycles. The second kappa shape index (κ2) is 11.6. The lowest BCUT2D eigenvalue weighted by Gasteiger charge is -2.29. The van der Waals surface area contributed by atoms with Crippen LogP contribution in [0.5, 0.6) is 0 Å². The highest BCUT2D eigenvalue weighted by atomic mass is 32.2. The van der Waals surface area contributed by atoms with Crippen LogP contribution in [0, 0.1) is 11.8 Å². The van der Waals surface area contributed by atoms with Crippen molar-refractivity contribution >= 4 is 28.0 Å². The molecule has 1 aliphatic carbocycles. The first kappa shape index (κ1) is 28.2. The molecule has 2 fully saturated rings. The number of alkyl halides is 2. The van der Waals surface area contributed by atoms with E-state index in [9.17, 15) is 41.2 Å². The predicted octanol–water partition coefficient (Wildman–Crippen LogP) is 0.922. The Labute approximate surface area is 197 Å². The smallest absolute Gasteiger partial charge is 0.408 e. The predicted molar refractivity (Wildman–Crippen MR) is 115 cm³/mol. The number of halogens is 2. The number of hydrogen-bond donors (Lipinski definition) is 5. The van der Waals surface area contributed by atoms with E-state index in [0.29, 0.717) is 13.0 Å². The van der Waals surface area contributed by atoms with Crippen molar-refractivity contribution in [2.24, 2.45) is 11.8 Å². The lowest BCUT2D eigenvalue weighted by Crippen LogP contribution is -2.55. The number of rotatable bonds is 10. The molecule has 11 nitrogen and oxygen atoms in total. The summed E-state index contributed by atoms with van der Waals surface area (Å²) < 4.78 is 64.1. The molecular formula is C20H33F2N3O8S. The number of carbonyl (C=O) groups is 3. The molecular weight excluding hydrogens is 480 g/mol. The second-order valence-electron chi connectivity index (χ2n) is 9.32. The number of ether oxygens (including phenoxy) is 1. The highest BCUT2D eigenvalue weighted by Gasteiger charge is 2.39. The summed E-state index contributed by atoms with van der Waals surface area (Å²) in [5.41, 5.74) is -2.39. The van der Waals surface area contributed by atoms with Crippen LogP contribution < -0.4 is 16.0 Å². The van der Waals surface area contributed by atoms with Gasteiger partial charge in [0.15, 0.2) is 0 Å². The SMILES string of the molecule is CC(C)C[C@H](NC(=O)OC1CCC(F)(F)CC1)C(=O)N[C@@H](C[C@@H]1CCNC1=O)[C@@H](O)S(=O)(=O)O. The van der Waals surface area contributed by atoms with Gasteiger partial charge in [0.1, 0.15) is 12.1 Å². The highest BCUT2D eigenvalue weighted by Crippen LogP contribution is 2.34. The molecule has 1 aliphatic heterocycles. The van der Waals surface area contributed by atoms with E-state index in [4.69, 9.17) is 4.74 Å². The van der Waals surface area contributed by atoms with Crippen LogP contribution in [0.3, 0.4) is 0 Å². The Morgan fingerprint density at radius 2 is 1.82 bits per heavy atom. The third-order valence-corrected chi connectivity index (χ3v) is 6.87. The molecule has 4 atom stereocenters. The van der Waals surface area contributed by atoms with Gasteiger partial charge in [0, 0.05) is 25.3 Å². The summed E-state index contributed by atoms with van der Waals surface area (Å²) in [5, 5.41) is 17.3. The van der Waals surface area contributed by atoms with E-state index in [2.05, 4.69) is 16.0 Å². The van der Waals surface area contributed by atoms with Gasteiger partial charge in [0.05, 0.1) is 6.04 Å². The Morgan fingerprint density at radius 3 is 2.32 bits per heavy atom. The standard InChI is InChI=1S/C20H33F2N3O8S/c1-11(2)9-14(25-19(29)33-13-3-6-20(21,22)7-4-13)17(27)24-15(18(28)34(30,31)32)10-12-5-8-23-16(12)26/h11-15,18,28H,3-10H2,1-2H3,(H,23,26)(H,24,27)(H,25,29)(H,30,31,32)/t12-,14-,15-,18-/m0/s1. The van der Waals surface area contributed by atoms with Gasteiger partial charge in [-0.2, -0.15) is 8.42 Å². The molecule has 0 radical (unpaired) electrons. The number of nitrogens with one attached hydrogen (secondary N) is 3. The molecule has 3 amide bonds. The average Bonchev–Trinajstić information content (AvgIpc) is 3.11. The Balaban J connectivity index is 2.06. The number of aliphatic hydroxyl groups excluding tert-OH is 1. The zero-order valence-electron chi connectivity index (χ0n) is 19.1. The summed E-state index contributed by atoms with van der Waals surface area (Å²) in [5.74, 6) is -4.81. The van der Waals surface area contributed by atoms with E-state index >= 15 is 0 Å². The summed E-state index contributed by atoms with van der Waals surface area (Å²) in [6.07, 6.45) is -2.37. The summed E-state index contributed by atoms with van der Waals surface area (Å²) in [4.78, 5) is 37.1. The molecule has 14 heteroatoms. The Kier molecular flexibility index (Phi) is 9.60. The average molecular weight is 514 g/mol. The van der Waals surface area contributed by atoms with Crippen LogP contribution in [-0.2, 0) is 24.4 Å². The summed E-state index contributed by atoms with van der Waals surface area (Å²) in [6, 6.07) is -2.73. The van der Waals surface area contributed by atoms with E-state index in [1.54, 1.807) is 13.8 Å². The maximum Gasteiger partial charge on any atom is 0.408 e. The zero-order chi connectivity index (χ0) is 25.7. The minimum atomic E-state index is -4.97. The lowest BCUT2D eigenvalue weighted by atomic mass is 9.94. The molecule has 0 unspecified atom stereocenters. The van der Waals surface area contributed by atoms with Gasteiger partial charge in [-0.15, -0.1) is 0 Å². The molecule has 1 saturated carbocycles. The van der Waals surface area contributed by atoms with Crippen molar-refractivity contribution in [3.63, 3.8) is 0 Å². The van der Waals surface area contributed by atoms with E-state index in [1.807, 2.05) is 0 Å². The highest BCUT2D eigenvalue weighted by molar-refractivity contribution is 7.86. The molecule has 196 valence electrons. The van der Waals surface area contributed by atoms with Gasteiger partial charge in [-0.3, -0.25) is 14.1 Å². The molecule has 1 saturated heterocycles. The molecule has 0 aromatic heterocycles. The number of carbonyl (C=O) groups excluding carboxylic acids is 3. The molecule has 5 N–H and O–H groups in total. The van der Waals surface area contributed by atoms with Crippen molar-refractivity contribution < 1.29 is 46.0 Å². The maximum atomic E-state index is 13.3. The van der Waals surface area contributed by atoms with Crippen LogP contribution in [0.25, 0.3) is 0 Å². The summed E-state index contributed by atoms with van der Waals surface area (Å²) >= 11 is 0. The fourth-order valence-electron chi connectivity index (χ4n) is 4.08. The number of aliphatic hydroxyl groups is 1. The largest absolute Gasteiger partial charge is 0.446 e. The third kappa shape index (κ3) is 8.62. The lowest BCUT2D eigenvalue weighted by molar-refractivity contribution is -0.126. The van der Waals surface area contributed by atoms with Crippen molar-refractivity contribution in [3.8, 4) is 0 Å². The van der Waals surface area contributed by atoms with Crippen LogP contribution in [-0.4, -0.2) is 72.1 Å². The summed E-state index contributed by atoms with van der Waals surface area (Å²) in [6.45, 7) is 3.89. The normalized spacial score (nSPS) is 23.6. The molecule has 0 bridgehead atoms. The Bertz CT molecular complexity index is 845. The van der Waals surface area contributed by atoms with Crippen molar-refractivity contribution in [2.75, 3.05) is 6.54 Å².